The summed E-state index contributed by atoms with van der Waals surface area (Å²) >= 11 is 5.97. The first kappa shape index (κ1) is 15.1. The quantitative estimate of drug-likeness (QED) is 0.895. The van der Waals surface area contributed by atoms with Gasteiger partial charge in [-0.15, -0.1) is 0 Å². The monoisotopic (exact) mass is 296 g/mol. The summed E-state index contributed by atoms with van der Waals surface area (Å²) in [7, 11) is 1.60. The zero-order valence-electron chi connectivity index (χ0n) is 11.9. The van der Waals surface area contributed by atoms with Crippen LogP contribution in [0.25, 0.3) is 0 Å². The Hall–Kier alpha value is -1.26. The van der Waals surface area contributed by atoms with E-state index in [0.29, 0.717) is 23.2 Å². The van der Waals surface area contributed by atoms with Gasteiger partial charge >= 0.3 is 0 Å². The highest BCUT2D eigenvalue weighted by Crippen LogP contribution is 2.23. The van der Waals surface area contributed by atoms with Crippen LogP contribution in [0.3, 0.4) is 0 Å². The lowest BCUT2D eigenvalue weighted by Crippen LogP contribution is -2.46. The molecule has 2 rings (SSSR count). The number of rotatable bonds is 4. The molecule has 1 amide bonds. The Labute approximate surface area is 124 Å². The molecule has 0 spiro atoms. The lowest BCUT2D eigenvalue weighted by Gasteiger charge is -2.28. The molecule has 0 bridgehead atoms. The van der Waals surface area contributed by atoms with Gasteiger partial charge in [0.25, 0.3) is 0 Å². The summed E-state index contributed by atoms with van der Waals surface area (Å²) in [4.78, 5) is 12.1. The maximum absolute atomic E-state index is 12.1. The zero-order valence-corrected chi connectivity index (χ0v) is 12.7. The van der Waals surface area contributed by atoms with E-state index in [9.17, 15) is 4.79 Å². The van der Waals surface area contributed by atoms with Gasteiger partial charge in [0.05, 0.1) is 13.5 Å². The minimum atomic E-state index is 0.0182. The summed E-state index contributed by atoms with van der Waals surface area (Å²) in [6.07, 6.45) is 2.24. The van der Waals surface area contributed by atoms with Gasteiger partial charge < -0.3 is 15.4 Å². The average molecular weight is 297 g/mol. The van der Waals surface area contributed by atoms with Crippen LogP contribution >= 0.6 is 11.6 Å². The van der Waals surface area contributed by atoms with Gasteiger partial charge in [0.15, 0.2) is 0 Å². The summed E-state index contributed by atoms with van der Waals surface area (Å²) < 4.78 is 5.26. The number of nitrogens with one attached hydrogen (secondary N) is 2. The van der Waals surface area contributed by atoms with Gasteiger partial charge in [0, 0.05) is 22.7 Å². The number of carbonyl (C=O) groups is 1. The molecule has 0 saturated carbocycles. The third-order valence-corrected chi connectivity index (χ3v) is 3.82. The standard InChI is InChI=1S/C15H21ClN2O2/c1-10-7-13(5-6-17-10)18-15(19)9-11-8-12(16)3-4-14(11)20-2/h3-4,8,10,13,17H,5-7,9H2,1-2H3,(H,18,19). The number of benzene rings is 1. The van der Waals surface area contributed by atoms with Crippen molar-refractivity contribution in [3.8, 4) is 5.75 Å². The Morgan fingerprint density at radius 1 is 1.55 bits per heavy atom. The number of ether oxygens (including phenoxy) is 1. The molecule has 0 radical (unpaired) electrons. The Morgan fingerprint density at radius 3 is 3.05 bits per heavy atom. The number of amides is 1. The lowest BCUT2D eigenvalue weighted by atomic mass is 10.00. The molecule has 4 nitrogen and oxygen atoms in total. The van der Waals surface area contributed by atoms with Crippen molar-refractivity contribution in [2.24, 2.45) is 0 Å². The first-order valence-electron chi connectivity index (χ1n) is 6.93. The van der Waals surface area contributed by atoms with Gasteiger partial charge in [-0.05, 0) is 44.5 Å². The molecule has 110 valence electrons. The van der Waals surface area contributed by atoms with Crippen molar-refractivity contribution in [1.82, 2.24) is 10.6 Å². The zero-order chi connectivity index (χ0) is 14.5. The molecule has 5 heteroatoms. The van der Waals surface area contributed by atoms with Crippen molar-refractivity contribution in [2.75, 3.05) is 13.7 Å². The van der Waals surface area contributed by atoms with Gasteiger partial charge in [-0.1, -0.05) is 11.6 Å². The van der Waals surface area contributed by atoms with E-state index < -0.39 is 0 Å². The van der Waals surface area contributed by atoms with E-state index in [0.717, 1.165) is 24.9 Å². The molecule has 20 heavy (non-hydrogen) atoms. The number of carbonyl (C=O) groups excluding carboxylic acids is 1. The smallest absolute Gasteiger partial charge is 0.224 e. The van der Waals surface area contributed by atoms with Crippen LogP contribution in [0.5, 0.6) is 5.75 Å². The number of hydrogen-bond acceptors (Lipinski definition) is 3. The van der Waals surface area contributed by atoms with E-state index in [4.69, 9.17) is 16.3 Å². The van der Waals surface area contributed by atoms with E-state index in [1.165, 1.54) is 0 Å². The minimum absolute atomic E-state index is 0.0182. The van der Waals surface area contributed by atoms with Gasteiger partial charge in [-0.3, -0.25) is 4.79 Å². The van der Waals surface area contributed by atoms with Crippen LogP contribution in [-0.4, -0.2) is 31.6 Å². The molecule has 2 unspecified atom stereocenters. The lowest BCUT2D eigenvalue weighted by molar-refractivity contribution is -0.121. The van der Waals surface area contributed by atoms with Crippen molar-refractivity contribution >= 4 is 17.5 Å². The van der Waals surface area contributed by atoms with Crippen molar-refractivity contribution in [3.63, 3.8) is 0 Å². The van der Waals surface area contributed by atoms with E-state index in [1.807, 2.05) is 0 Å². The van der Waals surface area contributed by atoms with Crippen LogP contribution in [0.4, 0.5) is 0 Å². The SMILES string of the molecule is COc1ccc(Cl)cc1CC(=O)NC1CCNC(C)C1. The molecule has 1 fully saturated rings. The van der Waals surface area contributed by atoms with E-state index >= 15 is 0 Å². The van der Waals surface area contributed by atoms with E-state index in [2.05, 4.69) is 17.6 Å². The largest absolute Gasteiger partial charge is 0.496 e. The van der Waals surface area contributed by atoms with E-state index in [-0.39, 0.29) is 11.9 Å². The second-order valence-electron chi connectivity index (χ2n) is 5.28. The van der Waals surface area contributed by atoms with Crippen LogP contribution in [0.15, 0.2) is 18.2 Å². The minimum Gasteiger partial charge on any atom is -0.496 e. The molecule has 1 aromatic rings. The summed E-state index contributed by atoms with van der Waals surface area (Å²) in [6, 6.07) is 6.04. The van der Waals surface area contributed by atoms with Crippen LogP contribution in [0.1, 0.15) is 25.3 Å². The van der Waals surface area contributed by atoms with Crippen LogP contribution in [0, 0.1) is 0 Å². The molecule has 0 aliphatic carbocycles. The van der Waals surface area contributed by atoms with Crippen molar-refractivity contribution < 1.29 is 9.53 Å². The average Bonchev–Trinajstić information content (AvgIpc) is 2.38. The van der Waals surface area contributed by atoms with Gasteiger partial charge in [-0.25, -0.2) is 0 Å². The van der Waals surface area contributed by atoms with Crippen molar-refractivity contribution in [3.05, 3.63) is 28.8 Å². The summed E-state index contributed by atoms with van der Waals surface area (Å²) in [6.45, 7) is 3.09. The highest BCUT2D eigenvalue weighted by molar-refractivity contribution is 6.30. The Kier molecular flexibility index (Phi) is 5.26. The highest BCUT2D eigenvalue weighted by atomic mass is 35.5. The molecule has 1 aliphatic rings. The predicted molar refractivity (Wildman–Crippen MR) is 80.3 cm³/mol. The molecular formula is C15H21ClN2O2. The molecule has 2 N–H and O–H groups in total. The molecule has 1 heterocycles. The first-order valence-corrected chi connectivity index (χ1v) is 7.31. The first-order chi connectivity index (χ1) is 9.58. The fourth-order valence-corrected chi connectivity index (χ4v) is 2.79. The molecule has 1 aromatic carbocycles. The Bertz CT molecular complexity index is 479. The predicted octanol–water partition coefficient (Wildman–Crippen LogP) is 2.15. The second-order valence-corrected chi connectivity index (χ2v) is 5.71. The fraction of sp³-hybridized carbons (Fsp3) is 0.533. The molecule has 2 atom stereocenters. The number of piperidine rings is 1. The van der Waals surface area contributed by atoms with Gasteiger partial charge in [-0.2, -0.15) is 0 Å². The fourth-order valence-electron chi connectivity index (χ4n) is 2.60. The number of methoxy groups -OCH3 is 1. The van der Waals surface area contributed by atoms with Gasteiger partial charge in [0.1, 0.15) is 5.75 Å². The van der Waals surface area contributed by atoms with Crippen LogP contribution in [0.2, 0.25) is 5.02 Å². The Morgan fingerprint density at radius 2 is 2.35 bits per heavy atom. The number of halogens is 1. The third-order valence-electron chi connectivity index (χ3n) is 3.58. The topological polar surface area (TPSA) is 50.4 Å². The molecule has 1 saturated heterocycles. The molecule has 1 aliphatic heterocycles. The maximum atomic E-state index is 12.1. The van der Waals surface area contributed by atoms with E-state index in [1.54, 1.807) is 25.3 Å². The van der Waals surface area contributed by atoms with Gasteiger partial charge in [0.2, 0.25) is 5.91 Å². The second kappa shape index (κ2) is 6.95. The number of hydrogen-bond donors (Lipinski definition) is 2. The summed E-state index contributed by atoms with van der Waals surface area (Å²) in [5.41, 5.74) is 0.819. The highest BCUT2D eigenvalue weighted by Gasteiger charge is 2.20. The summed E-state index contributed by atoms with van der Waals surface area (Å²) in [5, 5.41) is 7.08. The third kappa shape index (κ3) is 4.12. The van der Waals surface area contributed by atoms with Crippen LogP contribution < -0.4 is 15.4 Å². The molecule has 0 aromatic heterocycles. The van der Waals surface area contributed by atoms with Crippen molar-refractivity contribution in [1.29, 1.82) is 0 Å². The summed E-state index contributed by atoms with van der Waals surface area (Å²) in [5.74, 6) is 0.716. The maximum Gasteiger partial charge on any atom is 0.224 e. The van der Waals surface area contributed by atoms with Crippen molar-refractivity contribution in [2.45, 2.75) is 38.3 Å². The molecular weight excluding hydrogens is 276 g/mol. The normalized spacial score (nSPS) is 22.4. The van der Waals surface area contributed by atoms with Crippen LogP contribution in [-0.2, 0) is 11.2 Å². The Balaban J connectivity index is 1.95.